The van der Waals surface area contributed by atoms with Crippen molar-refractivity contribution in [2.45, 2.75) is 0 Å². The monoisotopic (exact) mass is 781 g/mol. The van der Waals surface area contributed by atoms with Gasteiger partial charge in [-0.2, -0.15) is 0 Å². The lowest BCUT2D eigenvalue weighted by Gasteiger charge is -2.29. The average Bonchev–Trinajstić information content (AvgIpc) is 3.70. The first-order valence-electron chi connectivity index (χ1n) is 20.5. The average molecular weight is 782 g/mol. The molecule has 10 aromatic carbocycles. The molecule has 0 unspecified atom stereocenters. The Hall–Kier alpha value is -7.52. The maximum absolute atomic E-state index is 2.42. The Kier molecular flexibility index (Phi) is 9.11. The molecule has 1 nitrogen and oxygen atoms in total. The summed E-state index contributed by atoms with van der Waals surface area (Å²) in [6.07, 6.45) is 0. The lowest BCUT2D eigenvalue weighted by molar-refractivity contribution is 1.28. The summed E-state index contributed by atoms with van der Waals surface area (Å²) in [7, 11) is 0. The van der Waals surface area contributed by atoms with Gasteiger partial charge < -0.3 is 4.90 Å². The molecule has 0 aliphatic rings. The van der Waals surface area contributed by atoms with Crippen LogP contribution in [0.1, 0.15) is 0 Å². The zero-order chi connectivity index (χ0) is 39.8. The minimum atomic E-state index is 1.09. The maximum Gasteiger partial charge on any atom is 0.0540 e. The van der Waals surface area contributed by atoms with Crippen molar-refractivity contribution in [3.8, 4) is 55.6 Å². The second kappa shape index (κ2) is 15.3. The summed E-state index contributed by atoms with van der Waals surface area (Å²) in [5.74, 6) is 0. The van der Waals surface area contributed by atoms with Crippen molar-refractivity contribution in [1.29, 1.82) is 0 Å². The number of fused-ring (bicyclic) bond motifs is 4. The predicted octanol–water partition coefficient (Wildman–Crippen LogP) is 17.0. The molecular formula is C58H39NS. The molecule has 0 radical (unpaired) electrons. The number of benzene rings is 10. The summed E-state index contributed by atoms with van der Waals surface area (Å²) in [4.78, 5) is 2.42. The van der Waals surface area contributed by atoms with Gasteiger partial charge in [0, 0.05) is 37.1 Å². The first-order chi connectivity index (χ1) is 29.7. The number of nitrogens with zero attached hydrogens (tertiary/aromatic N) is 1. The van der Waals surface area contributed by atoms with Gasteiger partial charge in [0.1, 0.15) is 0 Å². The number of rotatable bonds is 8. The van der Waals surface area contributed by atoms with Crippen LogP contribution in [0.5, 0.6) is 0 Å². The molecule has 2 heteroatoms. The maximum atomic E-state index is 2.42. The summed E-state index contributed by atoms with van der Waals surface area (Å²) >= 11 is 1.89. The zero-order valence-corrected chi connectivity index (χ0v) is 33.7. The van der Waals surface area contributed by atoms with E-state index in [9.17, 15) is 0 Å². The number of hydrogen-bond donors (Lipinski definition) is 0. The van der Waals surface area contributed by atoms with E-state index >= 15 is 0 Å². The van der Waals surface area contributed by atoms with E-state index in [4.69, 9.17) is 0 Å². The van der Waals surface area contributed by atoms with Crippen LogP contribution < -0.4 is 4.90 Å². The van der Waals surface area contributed by atoms with E-state index in [0.717, 1.165) is 17.1 Å². The standard InChI is InChI=1S/C58H39NS/c1-4-14-40(15-5-1)42-26-28-43(29-27-42)44-30-33-50(34-31-44)59(51-23-12-22-46(36-51)41-16-6-2-7-17-41)56-35-32-49(38-54(56)45-18-8-3-9-19-45)52-24-13-25-53-55-37-47-20-10-11-21-48(47)39-57(55)60-58(52)53/h1-39H. The molecule has 0 saturated carbocycles. The third kappa shape index (κ3) is 6.63. The largest absolute Gasteiger partial charge is 0.310 e. The highest BCUT2D eigenvalue weighted by molar-refractivity contribution is 7.26. The molecular weight excluding hydrogens is 743 g/mol. The van der Waals surface area contributed by atoms with Gasteiger partial charge in [0.25, 0.3) is 0 Å². The van der Waals surface area contributed by atoms with Gasteiger partial charge in [0.15, 0.2) is 0 Å². The van der Waals surface area contributed by atoms with Gasteiger partial charge in [0.2, 0.25) is 0 Å². The van der Waals surface area contributed by atoms with Gasteiger partial charge in [0.05, 0.1) is 5.69 Å². The van der Waals surface area contributed by atoms with E-state index in [-0.39, 0.29) is 0 Å². The molecule has 282 valence electrons. The molecule has 0 aliphatic carbocycles. The van der Waals surface area contributed by atoms with E-state index < -0.39 is 0 Å². The van der Waals surface area contributed by atoms with Crippen LogP contribution in [0, 0.1) is 0 Å². The van der Waals surface area contributed by atoms with Crippen LogP contribution in [0.3, 0.4) is 0 Å². The predicted molar refractivity (Wildman–Crippen MR) is 259 cm³/mol. The van der Waals surface area contributed by atoms with E-state index in [0.29, 0.717) is 0 Å². The first-order valence-corrected chi connectivity index (χ1v) is 21.3. The van der Waals surface area contributed by atoms with Crippen LogP contribution in [0.4, 0.5) is 17.1 Å². The smallest absolute Gasteiger partial charge is 0.0540 e. The molecule has 0 aliphatic heterocycles. The fraction of sp³-hybridized carbons (Fsp3) is 0. The van der Waals surface area contributed by atoms with E-state index in [1.54, 1.807) is 0 Å². The van der Waals surface area contributed by atoms with Crippen LogP contribution in [0.25, 0.3) is 86.6 Å². The van der Waals surface area contributed by atoms with Gasteiger partial charge in [-0.3, -0.25) is 0 Å². The van der Waals surface area contributed by atoms with Crippen molar-refractivity contribution >= 4 is 59.3 Å². The van der Waals surface area contributed by atoms with Crippen molar-refractivity contribution in [2.75, 3.05) is 4.90 Å². The van der Waals surface area contributed by atoms with Crippen molar-refractivity contribution < 1.29 is 0 Å². The van der Waals surface area contributed by atoms with Crippen LogP contribution in [-0.4, -0.2) is 0 Å². The fourth-order valence-corrected chi connectivity index (χ4v) is 9.90. The molecule has 0 amide bonds. The van der Waals surface area contributed by atoms with Crippen LogP contribution in [-0.2, 0) is 0 Å². The van der Waals surface area contributed by atoms with Gasteiger partial charge in [-0.25, -0.2) is 0 Å². The highest BCUT2D eigenvalue weighted by Gasteiger charge is 2.20. The number of anilines is 3. The second-order valence-corrected chi connectivity index (χ2v) is 16.4. The minimum Gasteiger partial charge on any atom is -0.310 e. The summed E-state index contributed by atoms with van der Waals surface area (Å²) in [6, 6.07) is 86.1. The van der Waals surface area contributed by atoms with Gasteiger partial charge in [-0.05, 0) is 109 Å². The summed E-state index contributed by atoms with van der Waals surface area (Å²) in [5, 5.41) is 5.17. The number of hydrogen-bond acceptors (Lipinski definition) is 2. The van der Waals surface area contributed by atoms with E-state index in [1.807, 2.05) is 11.3 Å². The minimum absolute atomic E-state index is 1.09. The Morgan fingerprint density at radius 3 is 1.47 bits per heavy atom. The van der Waals surface area contributed by atoms with Crippen molar-refractivity contribution in [1.82, 2.24) is 0 Å². The molecule has 11 aromatic rings. The van der Waals surface area contributed by atoms with E-state index in [1.165, 1.54) is 86.6 Å². The van der Waals surface area contributed by atoms with Gasteiger partial charge in [-0.1, -0.05) is 188 Å². The molecule has 0 fully saturated rings. The lowest BCUT2D eigenvalue weighted by atomic mass is 9.95. The van der Waals surface area contributed by atoms with Crippen molar-refractivity contribution in [3.05, 3.63) is 237 Å². The van der Waals surface area contributed by atoms with Crippen LogP contribution >= 0.6 is 11.3 Å². The summed E-state index contributed by atoms with van der Waals surface area (Å²) < 4.78 is 2.63. The Morgan fingerprint density at radius 1 is 0.283 bits per heavy atom. The first kappa shape index (κ1) is 35.6. The highest BCUT2D eigenvalue weighted by Crippen LogP contribution is 2.46. The zero-order valence-electron chi connectivity index (χ0n) is 32.9. The molecule has 0 bridgehead atoms. The summed E-state index contributed by atoms with van der Waals surface area (Å²) in [6.45, 7) is 0. The fourth-order valence-electron chi connectivity index (χ4n) is 8.63. The van der Waals surface area contributed by atoms with Crippen molar-refractivity contribution in [2.24, 2.45) is 0 Å². The Morgan fingerprint density at radius 2 is 0.800 bits per heavy atom. The topological polar surface area (TPSA) is 3.24 Å². The number of thiophene rings is 1. The Bertz CT molecular complexity index is 3280. The molecule has 1 heterocycles. The molecule has 0 saturated heterocycles. The second-order valence-electron chi connectivity index (χ2n) is 15.3. The highest BCUT2D eigenvalue weighted by atomic mass is 32.1. The summed E-state index contributed by atoms with van der Waals surface area (Å²) in [5.41, 5.74) is 15.3. The van der Waals surface area contributed by atoms with Crippen molar-refractivity contribution in [3.63, 3.8) is 0 Å². The Labute approximate surface area is 354 Å². The lowest BCUT2D eigenvalue weighted by Crippen LogP contribution is -2.11. The molecule has 60 heavy (non-hydrogen) atoms. The molecule has 0 N–H and O–H groups in total. The van der Waals surface area contributed by atoms with Gasteiger partial charge >= 0.3 is 0 Å². The SMILES string of the molecule is c1ccc(-c2ccc(-c3ccc(N(c4cccc(-c5ccccc5)c4)c4ccc(-c5cccc6c5sc5cc7ccccc7cc56)cc4-c4ccccc4)cc3)cc2)cc1. The normalized spacial score (nSPS) is 11.3. The molecule has 0 atom stereocenters. The Balaban J connectivity index is 1.06. The van der Waals surface area contributed by atoms with Crippen LogP contribution in [0.15, 0.2) is 237 Å². The van der Waals surface area contributed by atoms with E-state index in [2.05, 4.69) is 241 Å². The molecule has 1 aromatic heterocycles. The third-order valence-corrected chi connectivity index (χ3v) is 12.9. The van der Waals surface area contributed by atoms with Crippen LogP contribution in [0.2, 0.25) is 0 Å². The quantitative estimate of drug-likeness (QED) is 0.148. The molecule has 0 spiro atoms. The third-order valence-electron chi connectivity index (χ3n) is 11.7. The van der Waals surface area contributed by atoms with Gasteiger partial charge in [-0.15, -0.1) is 11.3 Å². The molecule has 11 rings (SSSR count).